The average molecular weight is 744 g/mol. The molecule has 3 unspecified atom stereocenters. The van der Waals surface area contributed by atoms with Crippen LogP contribution in [0.25, 0.3) is 0 Å². The summed E-state index contributed by atoms with van der Waals surface area (Å²) in [6.45, 7) is 3.78. The smallest absolute Gasteiger partial charge is 0.472 e. The summed E-state index contributed by atoms with van der Waals surface area (Å²) in [6, 6.07) is -1.47. The topological polar surface area (TPSA) is 155 Å². The number of aliphatic carboxylic acids is 1. The Bertz CT molecular complexity index is 956. The highest BCUT2D eigenvalue weighted by atomic mass is 31.2. The Morgan fingerprint density at radius 3 is 1.67 bits per heavy atom. The summed E-state index contributed by atoms with van der Waals surface area (Å²) in [5, 5.41) is 8.87. The fourth-order valence-corrected chi connectivity index (χ4v) is 5.98. The quantitative estimate of drug-likeness (QED) is 0.0241. The van der Waals surface area contributed by atoms with Crippen LogP contribution < -0.4 is 5.73 Å². The Balaban J connectivity index is 4.25. The van der Waals surface area contributed by atoms with Gasteiger partial charge in [-0.3, -0.25) is 18.6 Å². The summed E-state index contributed by atoms with van der Waals surface area (Å²) in [7, 11) is -4.61. The normalized spacial score (nSPS) is 14.4. The van der Waals surface area contributed by atoms with Crippen LogP contribution in [0.15, 0.2) is 36.5 Å². The van der Waals surface area contributed by atoms with Crippen LogP contribution in [-0.2, 0) is 32.7 Å². The number of phosphoric ester groups is 1. The molecule has 0 bridgehead atoms. The van der Waals surface area contributed by atoms with Crippen molar-refractivity contribution in [3.05, 3.63) is 36.5 Å². The van der Waals surface area contributed by atoms with E-state index in [2.05, 4.69) is 50.3 Å². The van der Waals surface area contributed by atoms with Gasteiger partial charge in [-0.05, 0) is 64.2 Å². The van der Waals surface area contributed by atoms with Gasteiger partial charge in [-0.1, -0.05) is 134 Å². The van der Waals surface area contributed by atoms with E-state index in [0.717, 1.165) is 70.6 Å². The van der Waals surface area contributed by atoms with E-state index in [1.807, 2.05) is 0 Å². The number of carbonyl (C=O) groups excluding carboxylic acids is 1. The van der Waals surface area contributed by atoms with Crippen LogP contribution in [0.1, 0.15) is 168 Å². The van der Waals surface area contributed by atoms with Gasteiger partial charge in [0.2, 0.25) is 0 Å². The number of esters is 1. The molecule has 0 radical (unpaired) electrons. The fraction of sp³-hybridized carbons (Fsp3) is 0.800. The van der Waals surface area contributed by atoms with Gasteiger partial charge in [0.25, 0.3) is 0 Å². The predicted molar refractivity (Wildman–Crippen MR) is 208 cm³/mol. The second-order valence-corrected chi connectivity index (χ2v) is 14.9. The van der Waals surface area contributed by atoms with Crippen molar-refractivity contribution >= 4 is 19.8 Å². The number of hydrogen-bond acceptors (Lipinski definition) is 8. The molecule has 11 heteroatoms. The molecule has 0 heterocycles. The summed E-state index contributed by atoms with van der Waals surface area (Å²) in [5.41, 5.74) is 5.34. The summed E-state index contributed by atoms with van der Waals surface area (Å²) in [4.78, 5) is 33.4. The van der Waals surface area contributed by atoms with Crippen LogP contribution in [-0.4, -0.2) is 60.5 Å². The second-order valence-electron chi connectivity index (χ2n) is 13.4. The molecule has 0 aromatic heterocycles. The Morgan fingerprint density at radius 2 is 1.10 bits per heavy atom. The summed E-state index contributed by atoms with van der Waals surface area (Å²) in [5.74, 6) is -1.79. The van der Waals surface area contributed by atoms with Crippen molar-refractivity contribution in [2.75, 3.05) is 26.4 Å². The van der Waals surface area contributed by atoms with E-state index >= 15 is 0 Å². The molecule has 0 amide bonds. The molecule has 0 saturated heterocycles. The van der Waals surface area contributed by atoms with Crippen molar-refractivity contribution in [1.82, 2.24) is 0 Å². The van der Waals surface area contributed by atoms with Crippen LogP contribution in [0.3, 0.4) is 0 Å². The molecule has 0 rings (SSSR count). The van der Waals surface area contributed by atoms with Gasteiger partial charge >= 0.3 is 19.8 Å². The van der Waals surface area contributed by atoms with Crippen molar-refractivity contribution in [2.24, 2.45) is 5.73 Å². The minimum absolute atomic E-state index is 0.00977. The Labute approximate surface area is 310 Å². The van der Waals surface area contributed by atoms with Crippen LogP contribution in [0.4, 0.5) is 0 Å². The number of nitrogens with two attached hydrogens (primary N) is 1. The first-order valence-electron chi connectivity index (χ1n) is 20.0. The lowest BCUT2D eigenvalue weighted by molar-refractivity contribution is -0.154. The number of carbonyl (C=O) groups is 2. The predicted octanol–water partition coefficient (Wildman–Crippen LogP) is 10.5. The first-order chi connectivity index (χ1) is 24.7. The van der Waals surface area contributed by atoms with E-state index in [9.17, 15) is 19.0 Å². The van der Waals surface area contributed by atoms with E-state index in [1.165, 1.54) is 70.6 Å². The lowest BCUT2D eigenvalue weighted by Crippen LogP contribution is -2.34. The fourth-order valence-electron chi connectivity index (χ4n) is 5.20. The molecule has 51 heavy (non-hydrogen) atoms. The minimum Gasteiger partial charge on any atom is -0.480 e. The lowest BCUT2D eigenvalue weighted by atomic mass is 10.1. The standard InChI is InChI=1S/C40H74NO9P/c1-3-5-7-9-11-13-15-16-17-18-19-20-21-23-25-27-29-31-33-47-34-37(35-48-51(45,46)49-36-38(41)40(43)44)50-39(42)32-30-28-26-24-22-14-12-10-8-6-4-2/h10-13,16-17,37-38H,3-9,14-15,18-36,41H2,1-2H3,(H,43,44)(H,45,46)/b12-10-,13-11-,17-16-. The first kappa shape index (κ1) is 49.2. The van der Waals surface area contributed by atoms with Crippen LogP contribution in [0.2, 0.25) is 0 Å². The molecule has 0 spiro atoms. The lowest BCUT2D eigenvalue weighted by Gasteiger charge is -2.20. The maximum atomic E-state index is 12.5. The van der Waals surface area contributed by atoms with E-state index in [-0.39, 0.29) is 13.0 Å². The molecule has 0 aromatic carbocycles. The van der Waals surface area contributed by atoms with Gasteiger partial charge in [-0.15, -0.1) is 0 Å². The minimum atomic E-state index is -4.61. The van der Waals surface area contributed by atoms with Crippen LogP contribution in [0.5, 0.6) is 0 Å². The molecular formula is C40H74NO9P. The number of phosphoric acid groups is 1. The molecule has 3 atom stereocenters. The van der Waals surface area contributed by atoms with Crippen molar-refractivity contribution in [3.8, 4) is 0 Å². The molecule has 4 N–H and O–H groups in total. The van der Waals surface area contributed by atoms with Gasteiger partial charge in [0, 0.05) is 13.0 Å². The summed E-state index contributed by atoms with van der Waals surface area (Å²) < 4.78 is 33.2. The number of allylic oxidation sites excluding steroid dienone is 6. The molecular weight excluding hydrogens is 669 g/mol. The number of carboxylic acids is 1. The van der Waals surface area contributed by atoms with Gasteiger partial charge in [0.05, 0.1) is 19.8 Å². The number of rotatable bonds is 38. The third-order valence-electron chi connectivity index (χ3n) is 8.39. The highest BCUT2D eigenvalue weighted by Gasteiger charge is 2.27. The molecule has 0 aliphatic carbocycles. The highest BCUT2D eigenvalue weighted by molar-refractivity contribution is 7.47. The van der Waals surface area contributed by atoms with E-state index in [1.54, 1.807) is 0 Å². The van der Waals surface area contributed by atoms with Gasteiger partial charge in [0.15, 0.2) is 0 Å². The zero-order valence-electron chi connectivity index (χ0n) is 32.2. The Morgan fingerprint density at radius 1 is 0.627 bits per heavy atom. The zero-order valence-corrected chi connectivity index (χ0v) is 33.1. The molecule has 0 fully saturated rings. The van der Waals surface area contributed by atoms with Gasteiger partial charge in [0.1, 0.15) is 12.1 Å². The SMILES string of the molecule is CCCC/C=C\CCCCCCCC(=O)OC(COCCCCCCCCCC/C=C\C/C=C\CCCCC)COP(=O)(O)OCC(N)C(=O)O. The number of carboxylic acid groups (broad SMARTS) is 1. The van der Waals surface area contributed by atoms with Gasteiger partial charge in [-0.25, -0.2) is 4.57 Å². The largest absolute Gasteiger partial charge is 0.480 e. The molecule has 10 nitrogen and oxygen atoms in total. The molecule has 298 valence electrons. The Kier molecular flexibility index (Phi) is 35.2. The molecule has 0 saturated carbocycles. The summed E-state index contributed by atoms with van der Waals surface area (Å²) in [6.07, 6.45) is 39.1. The molecule has 0 aliphatic heterocycles. The van der Waals surface area contributed by atoms with Crippen molar-refractivity contribution in [2.45, 2.75) is 180 Å². The third kappa shape index (κ3) is 36.3. The van der Waals surface area contributed by atoms with E-state index < -0.39 is 45.1 Å². The maximum absolute atomic E-state index is 12.5. The highest BCUT2D eigenvalue weighted by Crippen LogP contribution is 2.43. The van der Waals surface area contributed by atoms with Gasteiger partial charge in [-0.2, -0.15) is 0 Å². The van der Waals surface area contributed by atoms with E-state index in [4.69, 9.17) is 29.4 Å². The van der Waals surface area contributed by atoms with Crippen molar-refractivity contribution < 1.29 is 42.7 Å². The maximum Gasteiger partial charge on any atom is 0.472 e. The van der Waals surface area contributed by atoms with Crippen molar-refractivity contribution in [1.29, 1.82) is 0 Å². The van der Waals surface area contributed by atoms with Crippen LogP contribution >= 0.6 is 7.82 Å². The van der Waals surface area contributed by atoms with Crippen LogP contribution in [0, 0.1) is 0 Å². The number of ether oxygens (including phenoxy) is 2. The number of unbranched alkanes of at least 4 members (excludes halogenated alkanes) is 18. The second kappa shape index (κ2) is 36.5. The first-order valence-corrected chi connectivity index (χ1v) is 21.5. The third-order valence-corrected chi connectivity index (χ3v) is 9.34. The number of hydrogen-bond donors (Lipinski definition) is 3. The molecule has 0 aliphatic rings. The summed E-state index contributed by atoms with van der Waals surface area (Å²) >= 11 is 0. The average Bonchev–Trinajstić information content (AvgIpc) is 3.10. The zero-order chi connectivity index (χ0) is 37.7. The van der Waals surface area contributed by atoms with Gasteiger partial charge < -0.3 is 25.2 Å². The van der Waals surface area contributed by atoms with E-state index in [0.29, 0.717) is 13.0 Å². The monoisotopic (exact) mass is 744 g/mol. The Hall–Kier alpha value is -1.81. The molecule has 0 aromatic rings. The van der Waals surface area contributed by atoms with Crippen molar-refractivity contribution in [3.63, 3.8) is 0 Å².